The molecule has 0 aliphatic heterocycles. The largest absolute Gasteiger partial charge is 0.395 e. The summed E-state index contributed by atoms with van der Waals surface area (Å²) in [5.41, 5.74) is 2.83. The molecule has 0 fully saturated rings. The quantitative estimate of drug-likeness (QED) is 0.349. The van der Waals surface area contributed by atoms with E-state index in [0.29, 0.717) is 6.42 Å². The minimum atomic E-state index is -2.91. The topological polar surface area (TPSA) is 136 Å². The van der Waals surface area contributed by atoms with Gasteiger partial charge < -0.3 is 10.4 Å². The monoisotopic (exact) mass is 447 g/mol. The Labute approximate surface area is 180 Å². The van der Waals surface area contributed by atoms with Crippen LogP contribution in [0.1, 0.15) is 32.3 Å². The number of aryl methyl sites for hydroxylation is 1. The molecule has 0 saturated carbocycles. The number of nitrogens with zero attached hydrogens (tertiary/aromatic N) is 1. The first-order chi connectivity index (χ1) is 13.8. The van der Waals surface area contributed by atoms with E-state index >= 15 is 0 Å². The minimum absolute atomic E-state index is 0.0497. The van der Waals surface area contributed by atoms with Crippen molar-refractivity contribution in [2.24, 2.45) is 11.8 Å². The predicted octanol–water partition coefficient (Wildman–Crippen LogP) is 1.16. The van der Waals surface area contributed by atoms with E-state index in [2.05, 4.69) is 24.4 Å². The highest BCUT2D eigenvalue weighted by Crippen LogP contribution is 2.15. The summed E-state index contributed by atoms with van der Waals surface area (Å²) in [6.07, 6.45) is 1.67. The van der Waals surface area contributed by atoms with Crippen LogP contribution in [0.2, 0.25) is 0 Å². The van der Waals surface area contributed by atoms with E-state index in [-0.39, 0.29) is 31.4 Å². The van der Waals surface area contributed by atoms with Gasteiger partial charge in [-0.15, -0.1) is 0 Å². The molecule has 0 radical (unpaired) electrons. The van der Waals surface area contributed by atoms with Crippen molar-refractivity contribution in [2.75, 3.05) is 33.5 Å². The fraction of sp³-hybridized carbons (Fsp3) is 0.600. The van der Waals surface area contributed by atoms with Gasteiger partial charge in [0.05, 0.1) is 12.9 Å². The third kappa shape index (κ3) is 18.0. The number of hydroxylamine groups is 1. The lowest BCUT2D eigenvalue weighted by atomic mass is 9.93. The second kappa shape index (κ2) is 16.8. The van der Waals surface area contributed by atoms with Crippen LogP contribution >= 0.6 is 0 Å². The Bertz CT molecular complexity index is 694. The molecular weight excluding hydrogens is 410 g/mol. The summed E-state index contributed by atoms with van der Waals surface area (Å²) in [7, 11) is 0.0833. The molecule has 10 heteroatoms. The van der Waals surface area contributed by atoms with E-state index < -0.39 is 21.8 Å². The fourth-order valence-electron chi connectivity index (χ4n) is 1.98. The van der Waals surface area contributed by atoms with Gasteiger partial charge in [0.2, 0.25) is 21.8 Å². The third-order valence-electron chi connectivity index (χ3n) is 3.70. The molecule has 0 saturated heterocycles. The number of nitrogens with one attached hydrogen (secondary N) is 2. The van der Waals surface area contributed by atoms with Gasteiger partial charge in [-0.05, 0) is 19.3 Å². The summed E-state index contributed by atoms with van der Waals surface area (Å²) in [6.45, 7) is 6.02. The number of aliphatic hydroxyl groups is 1. The highest BCUT2D eigenvalue weighted by molar-refractivity contribution is 7.88. The molecule has 9 nitrogen and oxygen atoms in total. The normalized spacial score (nSPS) is 11.5. The summed E-state index contributed by atoms with van der Waals surface area (Å²) >= 11 is 0. The molecular formula is C20H37N3O6S. The number of aliphatic hydroxyl groups excluding tert-OH is 1. The maximum atomic E-state index is 11.6. The van der Waals surface area contributed by atoms with Crippen LogP contribution in [-0.4, -0.2) is 68.4 Å². The van der Waals surface area contributed by atoms with Crippen LogP contribution in [-0.2, 0) is 19.6 Å². The highest BCUT2D eigenvalue weighted by atomic mass is 32.2. The van der Waals surface area contributed by atoms with Gasteiger partial charge in [-0.3, -0.25) is 14.8 Å². The number of hydrogen-bond acceptors (Lipinski definition) is 6. The van der Waals surface area contributed by atoms with Gasteiger partial charge in [-0.25, -0.2) is 18.2 Å². The van der Waals surface area contributed by atoms with Crippen LogP contribution in [0, 0.1) is 18.8 Å². The van der Waals surface area contributed by atoms with Gasteiger partial charge in [0.25, 0.3) is 0 Å². The fourth-order valence-corrected chi connectivity index (χ4v) is 1.98. The SMILES string of the molecule is CC(C)C[C@H](CC(=O)NO)C(=O)NCCO.CN(C)S(C)(=O)=O.Cc1ccccc1. The van der Waals surface area contributed by atoms with Crippen LogP contribution in [0.4, 0.5) is 0 Å². The van der Waals surface area contributed by atoms with Crippen LogP contribution in [0.5, 0.6) is 0 Å². The van der Waals surface area contributed by atoms with Gasteiger partial charge in [0.1, 0.15) is 0 Å². The number of amides is 2. The molecule has 0 aliphatic carbocycles. The lowest BCUT2D eigenvalue weighted by Crippen LogP contribution is -2.36. The molecule has 1 aromatic rings. The van der Waals surface area contributed by atoms with E-state index in [1.54, 1.807) is 0 Å². The molecule has 0 unspecified atom stereocenters. The van der Waals surface area contributed by atoms with Crippen LogP contribution in [0.25, 0.3) is 0 Å². The van der Waals surface area contributed by atoms with E-state index in [4.69, 9.17) is 10.3 Å². The zero-order valence-electron chi connectivity index (χ0n) is 18.8. The van der Waals surface area contributed by atoms with Crippen molar-refractivity contribution in [1.29, 1.82) is 0 Å². The number of carbonyl (C=O) groups excluding carboxylic acids is 2. The number of hydrogen-bond donors (Lipinski definition) is 4. The number of benzene rings is 1. The van der Waals surface area contributed by atoms with Gasteiger partial charge in [0.15, 0.2) is 0 Å². The Morgan fingerprint density at radius 3 is 1.93 bits per heavy atom. The smallest absolute Gasteiger partial charge is 0.244 e. The highest BCUT2D eigenvalue weighted by Gasteiger charge is 2.22. The molecule has 0 spiro atoms. The lowest BCUT2D eigenvalue weighted by molar-refractivity contribution is -0.135. The Hall–Kier alpha value is -2.01. The number of rotatable bonds is 8. The van der Waals surface area contributed by atoms with Crippen molar-refractivity contribution < 1.29 is 28.3 Å². The van der Waals surface area contributed by atoms with E-state index in [0.717, 1.165) is 10.6 Å². The van der Waals surface area contributed by atoms with E-state index in [9.17, 15) is 18.0 Å². The standard InChI is InChI=1S/C10H20N2O4.C7H8.C3H9NO2S/c1-7(2)5-8(6-9(14)12-16)10(15)11-3-4-13;1-7-5-3-2-4-6-7;1-4(2)7(3,5)6/h7-8,13,16H,3-6H2,1-2H3,(H,11,15)(H,12,14);2-6H,1H3;1-3H3/t8-;;/m1../s1. The maximum Gasteiger partial charge on any atom is 0.244 e. The molecule has 0 aliphatic rings. The molecule has 0 aromatic heterocycles. The average Bonchev–Trinajstić information content (AvgIpc) is 2.66. The number of carbonyl (C=O) groups is 2. The minimum Gasteiger partial charge on any atom is -0.395 e. The van der Waals surface area contributed by atoms with Gasteiger partial charge >= 0.3 is 0 Å². The predicted molar refractivity (Wildman–Crippen MR) is 117 cm³/mol. The molecule has 1 aromatic carbocycles. The van der Waals surface area contributed by atoms with E-state index in [1.807, 2.05) is 32.0 Å². The van der Waals surface area contributed by atoms with Gasteiger partial charge in [0, 0.05) is 33.0 Å². The van der Waals surface area contributed by atoms with Crippen molar-refractivity contribution in [1.82, 2.24) is 15.1 Å². The first-order valence-electron chi connectivity index (χ1n) is 9.55. The Balaban J connectivity index is 0. The summed E-state index contributed by atoms with van der Waals surface area (Å²) < 4.78 is 21.7. The van der Waals surface area contributed by atoms with Crippen molar-refractivity contribution in [2.45, 2.75) is 33.6 Å². The van der Waals surface area contributed by atoms with Gasteiger partial charge in [-0.2, -0.15) is 0 Å². The molecule has 30 heavy (non-hydrogen) atoms. The summed E-state index contributed by atoms with van der Waals surface area (Å²) in [4.78, 5) is 22.6. The van der Waals surface area contributed by atoms with Crippen molar-refractivity contribution in [3.63, 3.8) is 0 Å². The molecule has 174 valence electrons. The molecule has 0 bridgehead atoms. The molecule has 2 amide bonds. The molecule has 1 rings (SSSR count). The van der Waals surface area contributed by atoms with Crippen molar-refractivity contribution in [3.05, 3.63) is 35.9 Å². The molecule has 1 atom stereocenters. The summed E-state index contributed by atoms with van der Waals surface area (Å²) in [5.74, 6) is -1.05. The van der Waals surface area contributed by atoms with Crippen molar-refractivity contribution in [3.8, 4) is 0 Å². The second-order valence-electron chi connectivity index (χ2n) is 7.28. The average molecular weight is 448 g/mol. The third-order valence-corrected chi connectivity index (χ3v) is 5.02. The summed E-state index contributed by atoms with van der Waals surface area (Å²) in [6, 6.07) is 10.3. The molecule has 0 heterocycles. The first kappa shape index (κ1) is 30.2. The zero-order valence-corrected chi connectivity index (χ0v) is 19.6. The maximum absolute atomic E-state index is 11.6. The second-order valence-corrected chi connectivity index (χ2v) is 9.48. The first-order valence-corrected chi connectivity index (χ1v) is 11.4. The molecule has 4 N–H and O–H groups in total. The van der Waals surface area contributed by atoms with Crippen molar-refractivity contribution >= 4 is 21.8 Å². The lowest BCUT2D eigenvalue weighted by Gasteiger charge is -2.17. The van der Waals surface area contributed by atoms with Crippen LogP contribution in [0.15, 0.2) is 30.3 Å². The Kier molecular flexibility index (Phi) is 16.9. The Morgan fingerprint density at radius 1 is 1.13 bits per heavy atom. The van der Waals surface area contributed by atoms with Crippen LogP contribution in [0.3, 0.4) is 0 Å². The van der Waals surface area contributed by atoms with Crippen LogP contribution < -0.4 is 10.8 Å². The Morgan fingerprint density at radius 2 is 1.63 bits per heavy atom. The van der Waals surface area contributed by atoms with Gasteiger partial charge in [-0.1, -0.05) is 49.7 Å². The number of sulfonamides is 1. The van der Waals surface area contributed by atoms with E-state index in [1.165, 1.54) is 25.1 Å². The zero-order chi connectivity index (χ0) is 23.7. The summed E-state index contributed by atoms with van der Waals surface area (Å²) in [5, 5.41) is 19.5.